The molecule has 0 aromatic carbocycles. The Hall–Kier alpha value is -1.25. The molecule has 142 valence electrons. The van der Waals surface area contributed by atoms with Crippen LogP contribution in [0.3, 0.4) is 0 Å². The van der Waals surface area contributed by atoms with E-state index >= 15 is 0 Å². The number of rotatable bonds is 12. The zero-order chi connectivity index (χ0) is 17.5. The van der Waals surface area contributed by atoms with E-state index in [1.165, 1.54) is 0 Å². The maximum absolute atomic E-state index is 11.8. The van der Waals surface area contributed by atoms with Gasteiger partial charge in [-0.1, -0.05) is 0 Å². The molecule has 0 aromatic rings. The molecule has 0 radical (unpaired) electrons. The molecule has 0 spiro atoms. The number of hydrogen-bond acceptors (Lipinski definition) is 7. The van der Waals surface area contributed by atoms with Crippen LogP contribution in [0.4, 0.5) is 4.79 Å². The van der Waals surface area contributed by atoms with Crippen LogP contribution in [-0.2, 0) is 23.8 Å². The van der Waals surface area contributed by atoms with Crippen molar-refractivity contribution in [1.29, 1.82) is 0 Å². The van der Waals surface area contributed by atoms with Gasteiger partial charge in [0.15, 0.2) is 0 Å². The number of hydrogen-bond donors (Lipinski definition) is 2. The van der Waals surface area contributed by atoms with Gasteiger partial charge in [-0.05, 0) is 20.3 Å². The van der Waals surface area contributed by atoms with Crippen molar-refractivity contribution >= 4 is 42.0 Å². The highest BCUT2D eigenvalue weighted by Gasteiger charge is 2.23. The lowest BCUT2D eigenvalue weighted by molar-refractivity contribution is -0.147. The second-order valence-corrected chi connectivity index (χ2v) is 4.75. The molecule has 8 nitrogen and oxygen atoms in total. The van der Waals surface area contributed by atoms with E-state index in [0.717, 1.165) is 0 Å². The maximum atomic E-state index is 11.8. The lowest BCUT2D eigenvalue weighted by atomic mass is 10.1. The molecule has 2 N–H and O–H groups in total. The molecular weight excluding hydrogens is 363 g/mol. The van der Waals surface area contributed by atoms with Crippen LogP contribution in [0.2, 0.25) is 0 Å². The third-order valence-electron chi connectivity index (χ3n) is 2.59. The minimum Gasteiger partial charge on any atom is -0.466 e. The predicted molar refractivity (Wildman–Crippen MR) is 91.6 cm³/mol. The van der Waals surface area contributed by atoms with Crippen LogP contribution in [0.5, 0.6) is 0 Å². The average Bonchev–Trinajstić information content (AvgIpc) is 2.51. The van der Waals surface area contributed by atoms with Crippen molar-refractivity contribution in [3.8, 4) is 0 Å². The van der Waals surface area contributed by atoms with Gasteiger partial charge in [0.2, 0.25) is 0 Å². The van der Waals surface area contributed by atoms with Gasteiger partial charge in [0.25, 0.3) is 0 Å². The van der Waals surface area contributed by atoms with E-state index < -0.39 is 24.1 Å². The Balaban J connectivity index is 0. The molecule has 0 aliphatic carbocycles. The summed E-state index contributed by atoms with van der Waals surface area (Å²) in [5.41, 5.74) is 0. The van der Waals surface area contributed by atoms with Gasteiger partial charge in [0, 0.05) is 25.4 Å². The first-order chi connectivity index (χ1) is 11.0. The zero-order valence-corrected chi connectivity index (χ0v) is 15.5. The van der Waals surface area contributed by atoms with Crippen LogP contribution in [0.1, 0.15) is 26.7 Å². The SMILES string of the molecule is CCOC(=O)CC[C@H](NC(=O)OCCNCCCl)C(=O)OCC.Cl. The number of esters is 2. The van der Waals surface area contributed by atoms with Crippen molar-refractivity contribution in [2.75, 3.05) is 38.8 Å². The smallest absolute Gasteiger partial charge is 0.407 e. The van der Waals surface area contributed by atoms with Crippen molar-refractivity contribution in [1.82, 2.24) is 10.6 Å². The molecule has 0 rings (SSSR count). The fourth-order valence-corrected chi connectivity index (χ4v) is 1.71. The number of ether oxygens (including phenoxy) is 3. The molecule has 1 atom stereocenters. The maximum Gasteiger partial charge on any atom is 0.407 e. The molecule has 0 bridgehead atoms. The third-order valence-corrected chi connectivity index (χ3v) is 2.78. The molecule has 0 aliphatic rings. The van der Waals surface area contributed by atoms with E-state index in [2.05, 4.69) is 10.6 Å². The molecule has 0 aliphatic heterocycles. The Bertz CT molecular complexity index is 371. The van der Waals surface area contributed by atoms with Gasteiger partial charge in [-0.25, -0.2) is 9.59 Å². The monoisotopic (exact) mass is 388 g/mol. The van der Waals surface area contributed by atoms with E-state index in [1.54, 1.807) is 13.8 Å². The lowest BCUT2D eigenvalue weighted by Gasteiger charge is -2.17. The highest BCUT2D eigenvalue weighted by atomic mass is 35.5. The van der Waals surface area contributed by atoms with E-state index in [0.29, 0.717) is 19.0 Å². The van der Waals surface area contributed by atoms with Crippen LogP contribution in [0.25, 0.3) is 0 Å². The molecule has 0 aromatic heterocycles. The van der Waals surface area contributed by atoms with Gasteiger partial charge >= 0.3 is 18.0 Å². The molecule has 1 amide bonds. The van der Waals surface area contributed by atoms with Crippen LogP contribution in [-0.4, -0.2) is 62.9 Å². The first-order valence-corrected chi connectivity index (χ1v) is 8.10. The van der Waals surface area contributed by atoms with E-state index in [-0.39, 0.29) is 45.1 Å². The molecule has 0 saturated carbocycles. The van der Waals surface area contributed by atoms with Crippen molar-refractivity contribution in [2.45, 2.75) is 32.7 Å². The minimum atomic E-state index is -0.956. The fourth-order valence-electron chi connectivity index (χ4n) is 1.58. The summed E-state index contributed by atoms with van der Waals surface area (Å²) in [6.07, 6.45) is -0.675. The first-order valence-electron chi connectivity index (χ1n) is 7.57. The zero-order valence-electron chi connectivity index (χ0n) is 14.0. The van der Waals surface area contributed by atoms with Gasteiger partial charge < -0.3 is 24.8 Å². The van der Waals surface area contributed by atoms with Crippen molar-refractivity contribution < 1.29 is 28.6 Å². The number of nitrogens with one attached hydrogen (secondary N) is 2. The summed E-state index contributed by atoms with van der Waals surface area (Å²) in [6, 6.07) is -0.956. The molecular formula is C14H26Cl2N2O6. The molecule has 24 heavy (non-hydrogen) atoms. The molecule has 0 fully saturated rings. The fraction of sp³-hybridized carbons (Fsp3) is 0.786. The Morgan fingerprint density at radius 2 is 1.71 bits per heavy atom. The summed E-state index contributed by atoms with van der Waals surface area (Å²) in [7, 11) is 0. The van der Waals surface area contributed by atoms with E-state index in [9.17, 15) is 14.4 Å². The second-order valence-electron chi connectivity index (χ2n) is 4.37. The topological polar surface area (TPSA) is 103 Å². The van der Waals surface area contributed by atoms with Crippen molar-refractivity contribution in [3.05, 3.63) is 0 Å². The van der Waals surface area contributed by atoms with Crippen LogP contribution in [0, 0.1) is 0 Å². The van der Waals surface area contributed by atoms with Gasteiger partial charge in [-0.2, -0.15) is 0 Å². The minimum absolute atomic E-state index is 0. The standard InChI is InChI=1S/C14H25ClN2O6.ClH/c1-3-21-12(18)6-5-11(13(19)22-4-2)17-14(20)23-10-9-16-8-7-15;/h11,16H,3-10H2,1-2H3,(H,17,20);1H/t11-;/m0./s1. The largest absolute Gasteiger partial charge is 0.466 e. The quantitative estimate of drug-likeness (QED) is 0.224. The predicted octanol–water partition coefficient (Wildman–Crippen LogP) is 1.24. The van der Waals surface area contributed by atoms with E-state index in [4.69, 9.17) is 25.8 Å². The molecule has 0 saturated heterocycles. The van der Waals surface area contributed by atoms with Crippen LogP contribution in [0.15, 0.2) is 0 Å². The second kappa shape index (κ2) is 16.6. The number of alkyl halides is 1. The van der Waals surface area contributed by atoms with Gasteiger partial charge in [0.05, 0.1) is 13.2 Å². The normalized spacial score (nSPS) is 11.0. The summed E-state index contributed by atoms with van der Waals surface area (Å²) in [6.45, 7) is 4.97. The number of alkyl carbamates (subject to hydrolysis) is 1. The number of halogens is 2. The average molecular weight is 389 g/mol. The summed E-state index contributed by atoms with van der Waals surface area (Å²) in [5.74, 6) is -0.596. The number of carbonyl (C=O) groups is 3. The number of carbonyl (C=O) groups excluding carboxylic acids is 3. The molecule has 0 unspecified atom stereocenters. The first kappa shape index (κ1) is 25.0. The van der Waals surface area contributed by atoms with Crippen molar-refractivity contribution in [2.24, 2.45) is 0 Å². The highest BCUT2D eigenvalue weighted by Crippen LogP contribution is 2.03. The van der Waals surface area contributed by atoms with Gasteiger partial charge in [-0.15, -0.1) is 24.0 Å². The Morgan fingerprint density at radius 3 is 2.29 bits per heavy atom. The summed E-state index contributed by atoms with van der Waals surface area (Å²) >= 11 is 5.49. The lowest BCUT2D eigenvalue weighted by Crippen LogP contribution is -2.43. The van der Waals surface area contributed by atoms with Gasteiger partial charge in [-0.3, -0.25) is 4.79 Å². The van der Waals surface area contributed by atoms with Crippen molar-refractivity contribution in [3.63, 3.8) is 0 Å². The third kappa shape index (κ3) is 13.2. The van der Waals surface area contributed by atoms with E-state index in [1.807, 2.05) is 0 Å². The van der Waals surface area contributed by atoms with Crippen LogP contribution >= 0.6 is 24.0 Å². The summed E-state index contributed by atoms with van der Waals surface area (Å²) in [4.78, 5) is 34.8. The Labute approximate surface area is 153 Å². The van der Waals surface area contributed by atoms with Crippen LogP contribution < -0.4 is 10.6 Å². The Kier molecular flexibility index (Phi) is 17.3. The highest BCUT2D eigenvalue weighted by molar-refractivity contribution is 6.18. The Morgan fingerprint density at radius 1 is 1.04 bits per heavy atom. The summed E-state index contributed by atoms with van der Waals surface area (Å²) < 4.78 is 14.6. The van der Waals surface area contributed by atoms with Gasteiger partial charge in [0.1, 0.15) is 12.6 Å². The number of amides is 1. The summed E-state index contributed by atoms with van der Waals surface area (Å²) in [5, 5.41) is 5.34. The molecule has 0 heterocycles. The molecule has 10 heteroatoms.